The summed E-state index contributed by atoms with van der Waals surface area (Å²) in [5.41, 5.74) is -0.500. The number of aliphatic hydroxyl groups is 1. The van der Waals surface area contributed by atoms with Crippen molar-refractivity contribution in [1.82, 2.24) is 0 Å². The highest BCUT2D eigenvalue weighted by atomic mass is 19.3. The molecule has 0 bridgehead atoms. The SMILES string of the molecule is COc1ccc(C(O)C(F)(F)C(=O)c2ccc(F)cc2)cc1. The second-order valence-electron chi connectivity index (χ2n) is 4.63. The van der Waals surface area contributed by atoms with E-state index >= 15 is 0 Å². The summed E-state index contributed by atoms with van der Waals surface area (Å²) in [6, 6.07) is 9.00. The first kappa shape index (κ1) is 16.0. The molecule has 0 aliphatic carbocycles. The standard InChI is InChI=1S/C16H13F3O3/c1-22-13-8-4-11(5-9-13)15(21)16(18,19)14(20)10-2-6-12(17)7-3-10/h2-9,15,21H,1H3. The number of alkyl halides is 2. The van der Waals surface area contributed by atoms with Gasteiger partial charge < -0.3 is 9.84 Å². The Morgan fingerprint density at radius 2 is 1.64 bits per heavy atom. The second-order valence-corrected chi connectivity index (χ2v) is 4.63. The van der Waals surface area contributed by atoms with E-state index in [1.54, 1.807) is 0 Å². The van der Waals surface area contributed by atoms with Crippen molar-refractivity contribution in [1.29, 1.82) is 0 Å². The van der Waals surface area contributed by atoms with Gasteiger partial charge in [-0.3, -0.25) is 4.79 Å². The zero-order chi connectivity index (χ0) is 16.3. The molecule has 0 aliphatic heterocycles. The van der Waals surface area contributed by atoms with Gasteiger partial charge >= 0.3 is 5.92 Å². The van der Waals surface area contributed by atoms with Crippen LogP contribution in [0.4, 0.5) is 13.2 Å². The van der Waals surface area contributed by atoms with Crippen LogP contribution < -0.4 is 4.74 Å². The molecule has 22 heavy (non-hydrogen) atoms. The van der Waals surface area contributed by atoms with Crippen molar-refractivity contribution in [2.24, 2.45) is 0 Å². The fraction of sp³-hybridized carbons (Fsp3) is 0.188. The maximum absolute atomic E-state index is 14.1. The lowest BCUT2D eigenvalue weighted by atomic mass is 9.96. The minimum atomic E-state index is -4.04. The van der Waals surface area contributed by atoms with Crippen molar-refractivity contribution in [2.75, 3.05) is 7.11 Å². The van der Waals surface area contributed by atoms with Crippen molar-refractivity contribution < 1.29 is 27.8 Å². The van der Waals surface area contributed by atoms with Crippen LogP contribution in [0.2, 0.25) is 0 Å². The Hall–Kier alpha value is -2.34. The van der Waals surface area contributed by atoms with Gasteiger partial charge in [-0.15, -0.1) is 0 Å². The number of hydrogen-bond donors (Lipinski definition) is 1. The van der Waals surface area contributed by atoms with Crippen LogP contribution in [0.5, 0.6) is 5.75 Å². The van der Waals surface area contributed by atoms with Crippen molar-refractivity contribution >= 4 is 5.78 Å². The van der Waals surface area contributed by atoms with Gasteiger partial charge in [-0.05, 0) is 42.0 Å². The van der Waals surface area contributed by atoms with Crippen LogP contribution in [0.3, 0.4) is 0 Å². The number of hydrogen-bond acceptors (Lipinski definition) is 3. The summed E-state index contributed by atoms with van der Waals surface area (Å²) in [6.45, 7) is 0. The number of carbonyl (C=O) groups excluding carboxylic acids is 1. The Morgan fingerprint density at radius 3 is 2.14 bits per heavy atom. The van der Waals surface area contributed by atoms with E-state index < -0.39 is 23.6 Å². The van der Waals surface area contributed by atoms with E-state index in [-0.39, 0.29) is 11.1 Å². The number of benzene rings is 2. The molecule has 0 amide bonds. The Labute approximate surface area is 125 Å². The zero-order valence-corrected chi connectivity index (χ0v) is 11.6. The number of ketones is 1. The third-order valence-electron chi connectivity index (χ3n) is 3.18. The molecule has 0 fully saturated rings. The molecule has 6 heteroatoms. The summed E-state index contributed by atoms with van der Waals surface area (Å²) in [4.78, 5) is 11.9. The van der Waals surface area contributed by atoms with Crippen molar-refractivity contribution in [3.05, 3.63) is 65.5 Å². The molecule has 2 aromatic rings. The van der Waals surface area contributed by atoms with E-state index in [9.17, 15) is 23.1 Å². The summed E-state index contributed by atoms with van der Waals surface area (Å²) >= 11 is 0. The van der Waals surface area contributed by atoms with Gasteiger partial charge in [-0.2, -0.15) is 8.78 Å². The maximum atomic E-state index is 14.1. The molecule has 0 saturated heterocycles. The first-order valence-electron chi connectivity index (χ1n) is 6.36. The number of methoxy groups -OCH3 is 1. The molecule has 0 heterocycles. The third-order valence-corrected chi connectivity index (χ3v) is 3.18. The van der Waals surface area contributed by atoms with E-state index in [4.69, 9.17) is 4.74 Å². The number of carbonyl (C=O) groups is 1. The van der Waals surface area contributed by atoms with Crippen molar-refractivity contribution in [3.8, 4) is 5.75 Å². The Balaban J connectivity index is 2.27. The third kappa shape index (κ3) is 3.12. The van der Waals surface area contributed by atoms with Gasteiger partial charge in [0.15, 0.2) is 6.10 Å². The van der Waals surface area contributed by atoms with Gasteiger partial charge in [0.1, 0.15) is 11.6 Å². The van der Waals surface area contributed by atoms with Crippen molar-refractivity contribution in [2.45, 2.75) is 12.0 Å². The number of ether oxygens (including phenoxy) is 1. The predicted molar refractivity (Wildman–Crippen MR) is 73.6 cm³/mol. The summed E-state index contributed by atoms with van der Waals surface area (Å²) in [5, 5.41) is 9.81. The molecule has 2 aromatic carbocycles. The van der Waals surface area contributed by atoms with Gasteiger partial charge in [0, 0.05) is 5.56 Å². The Morgan fingerprint density at radius 1 is 1.09 bits per heavy atom. The van der Waals surface area contributed by atoms with Crippen LogP contribution in [0, 0.1) is 5.82 Å². The van der Waals surface area contributed by atoms with Crippen LogP contribution in [-0.2, 0) is 0 Å². The number of rotatable bonds is 5. The molecular weight excluding hydrogens is 297 g/mol. The largest absolute Gasteiger partial charge is 0.497 e. The number of Topliss-reactive ketones (excluding diaryl/α,β-unsaturated/α-hetero) is 1. The number of halogens is 3. The topological polar surface area (TPSA) is 46.5 Å². The average molecular weight is 310 g/mol. The molecule has 1 atom stereocenters. The number of aliphatic hydroxyl groups excluding tert-OH is 1. The molecular formula is C16H13F3O3. The average Bonchev–Trinajstić information content (AvgIpc) is 2.54. The lowest BCUT2D eigenvalue weighted by molar-refractivity contribution is -0.0792. The van der Waals surface area contributed by atoms with Gasteiger partial charge in [0.25, 0.3) is 0 Å². The van der Waals surface area contributed by atoms with Gasteiger partial charge in [0.05, 0.1) is 7.11 Å². The van der Waals surface area contributed by atoms with Crippen LogP contribution in [0.25, 0.3) is 0 Å². The highest BCUT2D eigenvalue weighted by molar-refractivity contribution is 6.01. The zero-order valence-electron chi connectivity index (χ0n) is 11.6. The van der Waals surface area contributed by atoms with Crippen molar-refractivity contribution in [3.63, 3.8) is 0 Å². The predicted octanol–water partition coefficient (Wildman–Crippen LogP) is 3.39. The molecule has 3 nitrogen and oxygen atoms in total. The molecule has 2 rings (SSSR count). The molecule has 116 valence electrons. The lowest BCUT2D eigenvalue weighted by Crippen LogP contribution is -2.35. The molecule has 0 spiro atoms. The Bertz CT molecular complexity index is 651. The van der Waals surface area contributed by atoms with Gasteiger partial charge in [-0.25, -0.2) is 4.39 Å². The van der Waals surface area contributed by atoms with E-state index in [1.165, 1.54) is 31.4 Å². The van der Waals surface area contributed by atoms with Crippen LogP contribution in [-0.4, -0.2) is 23.9 Å². The lowest BCUT2D eigenvalue weighted by Gasteiger charge is -2.21. The van der Waals surface area contributed by atoms with Crippen LogP contribution in [0.15, 0.2) is 48.5 Å². The Kier molecular flexibility index (Phi) is 4.51. The van der Waals surface area contributed by atoms with Gasteiger partial charge in [-0.1, -0.05) is 12.1 Å². The summed E-state index contributed by atoms with van der Waals surface area (Å²) in [6.07, 6.45) is -2.31. The normalized spacial score (nSPS) is 12.8. The first-order valence-corrected chi connectivity index (χ1v) is 6.36. The minimum Gasteiger partial charge on any atom is -0.497 e. The first-order chi connectivity index (χ1) is 10.4. The fourth-order valence-electron chi connectivity index (χ4n) is 1.91. The van der Waals surface area contributed by atoms with E-state index in [2.05, 4.69) is 0 Å². The van der Waals surface area contributed by atoms with E-state index in [0.717, 1.165) is 24.3 Å². The van der Waals surface area contributed by atoms with Crippen LogP contribution >= 0.6 is 0 Å². The fourth-order valence-corrected chi connectivity index (χ4v) is 1.91. The van der Waals surface area contributed by atoms with Gasteiger partial charge in [0.2, 0.25) is 5.78 Å². The smallest absolute Gasteiger partial charge is 0.339 e. The highest BCUT2D eigenvalue weighted by Crippen LogP contribution is 2.35. The molecule has 1 unspecified atom stereocenters. The van der Waals surface area contributed by atoms with Crippen LogP contribution in [0.1, 0.15) is 22.0 Å². The second kappa shape index (κ2) is 6.19. The molecule has 0 radical (unpaired) electrons. The molecule has 0 aliphatic rings. The molecule has 0 aromatic heterocycles. The summed E-state index contributed by atoms with van der Waals surface area (Å²) in [7, 11) is 1.41. The highest BCUT2D eigenvalue weighted by Gasteiger charge is 2.47. The summed E-state index contributed by atoms with van der Waals surface area (Å²) < 4.78 is 46.0. The summed E-state index contributed by atoms with van der Waals surface area (Å²) in [5.74, 6) is -5.82. The molecule has 0 saturated carbocycles. The van der Waals surface area contributed by atoms with E-state index in [1.807, 2.05) is 0 Å². The minimum absolute atomic E-state index is 0.124. The monoisotopic (exact) mass is 310 g/mol. The van der Waals surface area contributed by atoms with E-state index in [0.29, 0.717) is 5.75 Å². The molecule has 1 N–H and O–H groups in total. The quantitative estimate of drug-likeness (QED) is 0.861. The maximum Gasteiger partial charge on any atom is 0.339 e.